The van der Waals surface area contributed by atoms with Crippen molar-refractivity contribution < 1.29 is 22.5 Å². The molecule has 0 fully saturated rings. The van der Waals surface area contributed by atoms with Crippen LogP contribution in [0.2, 0.25) is 0 Å². The molecule has 0 aliphatic rings. The lowest BCUT2D eigenvalue weighted by molar-refractivity contribution is 0.146. The summed E-state index contributed by atoms with van der Waals surface area (Å²) in [6.45, 7) is 6.18. The zero-order valence-corrected chi connectivity index (χ0v) is 15.3. The summed E-state index contributed by atoms with van der Waals surface area (Å²) in [5, 5.41) is 0. The van der Waals surface area contributed by atoms with E-state index in [0.717, 1.165) is 26.1 Å². The molecule has 0 bridgehead atoms. The number of hydrogen-bond acceptors (Lipinski definition) is 6. The lowest BCUT2D eigenvalue weighted by Gasteiger charge is -2.19. The molecule has 0 aliphatic heterocycles. The minimum Gasteiger partial charge on any atom is -0.494 e. The molecule has 6 nitrogen and oxygen atoms in total. The maximum atomic E-state index is 11.7. The molecule has 0 unspecified atom stereocenters. The number of nitrogens with zero attached hydrogens (tertiary/aromatic N) is 1. The molecule has 0 aliphatic carbocycles. The molecular weight excluding hydrogens is 337 g/mol. The predicted octanol–water partition coefficient (Wildman–Crippen LogP) is 2.45. The van der Waals surface area contributed by atoms with Gasteiger partial charge >= 0.3 is 0 Å². The Morgan fingerprint density at radius 3 is 2.39 bits per heavy atom. The van der Waals surface area contributed by atoms with Gasteiger partial charge in [0.1, 0.15) is 11.2 Å². The quantitative estimate of drug-likeness (QED) is 0.421. The van der Waals surface area contributed by atoms with Crippen LogP contribution < -0.4 is 4.74 Å². The number of sulfone groups is 1. The summed E-state index contributed by atoms with van der Waals surface area (Å²) in [7, 11) is -2.18. The van der Waals surface area contributed by atoms with Gasteiger partial charge in [-0.2, -0.15) is 0 Å². The van der Waals surface area contributed by atoms with Crippen molar-refractivity contribution in [3.05, 3.63) is 24.3 Å². The summed E-state index contributed by atoms with van der Waals surface area (Å²) < 4.78 is 44.6. The van der Waals surface area contributed by atoms with E-state index in [9.17, 15) is 13.0 Å². The molecule has 0 spiro atoms. The van der Waals surface area contributed by atoms with Gasteiger partial charge in [-0.3, -0.25) is 4.57 Å². The van der Waals surface area contributed by atoms with E-state index < -0.39 is 23.8 Å². The highest BCUT2D eigenvalue weighted by atomic mass is 32.2. The first kappa shape index (κ1) is 20.0. The van der Waals surface area contributed by atoms with Gasteiger partial charge in [0.2, 0.25) is 0 Å². The number of ether oxygens (including phenoxy) is 2. The summed E-state index contributed by atoms with van der Waals surface area (Å²) in [5.74, 6) is 0.628. The fourth-order valence-corrected chi connectivity index (χ4v) is 3.72. The molecule has 1 rings (SSSR count). The SMILES string of the molecule is CCN(CCCOc1ccc(S(=O)(=O)CP=O)cc1)CCOC. The maximum Gasteiger partial charge on any atom is 0.189 e. The van der Waals surface area contributed by atoms with Crippen LogP contribution in [0.4, 0.5) is 0 Å². The van der Waals surface area contributed by atoms with E-state index in [2.05, 4.69) is 11.8 Å². The fraction of sp³-hybridized carbons (Fsp3) is 0.600. The van der Waals surface area contributed by atoms with Gasteiger partial charge in [-0.25, -0.2) is 8.42 Å². The first-order valence-corrected chi connectivity index (χ1v) is 10.1. The number of likely N-dealkylation sites (N-methyl/N-ethyl adjacent to an activating group) is 1. The highest BCUT2D eigenvalue weighted by molar-refractivity contribution is 7.95. The van der Waals surface area contributed by atoms with Crippen molar-refractivity contribution >= 4 is 18.3 Å². The highest BCUT2D eigenvalue weighted by Crippen LogP contribution is 2.19. The molecule has 23 heavy (non-hydrogen) atoms. The largest absolute Gasteiger partial charge is 0.494 e. The van der Waals surface area contributed by atoms with Crippen LogP contribution >= 0.6 is 8.46 Å². The Hall–Kier alpha value is -1.01. The Bertz CT molecular complexity index is 562. The minimum atomic E-state index is -3.47. The first-order valence-electron chi connectivity index (χ1n) is 7.49. The molecule has 0 N–H and O–H groups in total. The smallest absolute Gasteiger partial charge is 0.189 e. The van der Waals surface area contributed by atoms with Crippen molar-refractivity contribution in [2.24, 2.45) is 0 Å². The van der Waals surface area contributed by atoms with E-state index in [-0.39, 0.29) is 4.90 Å². The maximum absolute atomic E-state index is 11.7. The summed E-state index contributed by atoms with van der Waals surface area (Å²) in [6, 6.07) is 6.20. The van der Waals surface area contributed by atoms with Crippen molar-refractivity contribution in [1.82, 2.24) is 4.90 Å². The second-order valence-corrected chi connectivity index (χ2v) is 7.97. The van der Waals surface area contributed by atoms with Crippen LogP contribution in [0.25, 0.3) is 0 Å². The zero-order chi connectivity index (χ0) is 17.1. The van der Waals surface area contributed by atoms with Gasteiger partial charge < -0.3 is 14.4 Å². The lowest BCUT2D eigenvalue weighted by Crippen LogP contribution is -2.29. The standard InChI is InChI=1S/C15H24NO5PS/c1-3-16(10-12-20-2)9-4-11-21-14-5-7-15(8-6-14)23(18,19)13-22-17/h5-8H,3-4,9-13H2,1-2H3. The molecule has 1 aromatic carbocycles. The predicted molar refractivity (Wildman–Crippen MR) is 90.2 cm³/mol. The Morgan fingerprint density at radius 2 is 1.83 bits per heavy atom. The van der Waals surface area contributed by atoms with Gasteiger partial charge in [-0.1, -0.05) is 6.92 Å². The molecule has 130 valence electrons. The van der Waals surface area contributed by atoms with Gasteiger partial charge in [0, 0.05) is 20.2 Å². The lowest BCUT2D eigenvalue weighted by atomic mass is 10.3. The average molecular weight is 361 g/mol. The van der Waals surface area contributed by atoms with Crippen LogP contribution in [0.3, 0.4) is 0 Å². The number of benzene rings is 1. The van der Waals surface area contributed by atoms with E-state index in [1.165, 1.54) is 12.1 Å². The summed E-state index contributed by atoms with van der Waals surface area (Å²) >= 11 is 0. The number of hydrogen-bond donors (Lipinski definition) is 0. The third kappa shape index (κ3) is 7.40. The monoisotopic (exact) mass is 361 g/mol. The minimum absolute atomic E-state index is 0.157. The number of methoxy groups -OCH3 is 1. The van der Waals surface area contributed by atoms with Crippen LogP contribution in [0.1, 0.15) is 13.3 Å². The van der Waals surface area contributed by atoms with Gasteiger partial charge in [0.25, 0.3) is 0 Å². The molecule has 0 saturated heterocycles. The Labute approximate surface area is 139 Å². The van der Waals surface area contributed by atoms with Gasteiger partial charge in [-0.15, -0.1) is 0 Å². The van der Waals surface area contributed by atoms with E-state index in [1.54, 1.807) is 19.2 Å². The van der Waals surface area contributed by atoms with Crippen LogP contribution in [0, 0.1) is 0 Å². The van der Waals surface area contributed by atoms with Crippen LogP contribution in [-0.2, 0) is 19.1 Å². The van der Waals surface area contributed by atoms with E-state index in [1.807, 2.05) is 0 Å². The van der Waals surface area contributed by atoms with Crippen LogP contribution in [-0.4, -0.2) is 58.8 Å². The van der Waals surface area contributed by atoms with Crippen LogP contribution in [0.15, 0.2) is 29.2 Å². The Kier molecular flexibility index (Phi) is 9.33. The Balaban J connectivity index is 2.40. The molecule has 0 heterocycles. The summed E-state index contributed by atoms with van der Waals surface area (Å²) in [4.78, 5) is 2.44. The molecule has 0 radical (unpaired) electrons. The van der Waals surface area contributed by atoms with Crippen molar-refractivity contribution in [1.29, 1.82) is 0 Å². The van der Waals surface area contributed by atoms with Gasteiger partial charge in [0.15, 0.2) is 18.3 Å². The van der Waals surface area contributed by atoms with Gasteiger partial charge in [-0.05, 0) is 37.2 Å². The second kappa shape index (κ2) is 10.7. The molecule has 1 aromatic rings. The van der Waals surface area contributed by atoms with E-state index in [4.69, 9.17) is 9.47 Å². The Morgan fingerprint density at radius 1 is 1.13 bits per heavy atom. The normalized spacial score (nSPS) is 12.0. The average Bonchev–Trinajstić information content (AvgIpc) is 2.54. The molecule has 0 amide bonds. The zero-order valence-electron chi connectivity index (χ0n) is 13.6. The molecule has 0 aromatic heterocycles. The molecule has 8 heteroatoms. The molecular formula is C15H24NO5PS. The topological polar surface area (TPSA) is 72.9 Å². The second-order valence-electron chi connectivity index (χ2n) is 4.97. The molecule has 0 atom stereocenters. The third-order valence-corrected chi connectivity index (χ3v) is 6.12. The first-order chi connectivity index (χ1) is 11.0. The van der Waals surface area contributed by atoms with Crippen molar-refractivity contribution in [3.63, 3.8) is 0 Å². The van der Waals surface area contributed by atoms with Crippen molar-refractivity contribution in [2.75, 3.05) is 45.5 Å². The number of rotatable bonds is 12. The van der Waals surface area contributed by atoms with Crippen molar-refractivity contribution in [3.8, 4) is 5.75 Å². The van der Waals surface area contributed by atoms with E-state index >= 15 is 0 Å². The molecule has 0 saturated carbocycles. The third-order valence-electron chi connectivity index (χ3n) is 3.35. The fourth-order valence-electron chi connectivity index (χ4n) is 2.01. The summed E-state index contributed by atoms with van der Waals surface area (Å²) in [6.07, 6.45) is 0.882. The summed E-state index contributed by atoms with van der Waals surface area (Å²) in [5.41, 5.74) is -0.401. The van der Waals surface area contributed by atoms with E-state index in [0.29, 0.717) is 19.0 Å². The van der Waals surface area contributed by atoms with Crippen molar-refractivity contribution in [2.45, 2.75) is 18.2 Å². The highest BCUT2D eigenvalue weighted by Gasteiger charge is 2.14. The van der Waals surface area contributed by atoms with Gasteiger partial charge in [0.05, 0.1) is 18.1 Å². The van der Waals surface area contributed by atoms with Crippen LogP contribution in [0.5, 0.6) is 5.75 Å².